The summed E-state index contributed by atoms with van der Waals surface area (Å²) in [7, 11) is 0. The van der Waals surface area contributed by atoms with Crippen molar-refractivity contribution in [2.24, 2.45) is 11.8 Å². The Morgan fingerprint density at radius 1 is 0.794 bits per heavy atom. The van der Waals surface area contributed by atoms with Gasteiger partial charge in [-0.05, 0) is 92.9 Å². The van der Waals surface area contributed by atoms with E-state index in [1.54, 1.807) is 12.1 Å². The summed E-state index contributed by atoms with van der Waals surface area (Å²) in [5.41, 5.74) is 2.12. The molecule has 2 bridgehead atoms. The van der Waals surface area contributed by atoms with E-state index < -0.39 is 0 Å². The molecular formula is C28H37FN2O3. The molecule has 2 N–H and O–H groups in total. The smallest absolute Gasteiger partial charge is 0.197 e. The quantitative estimate of drug-likeness (QED) is 0.567. The molecule has 1 aromatic heterocycles. The number of fused-ring (bicyclic) bond motifs is 5. The van der Waals surface area contributed by atoms with Crippen LogP contribution in [0.1, 0.15) is 80.8 Å². The molecule has 34 heavy (non-hydrogen) atoms. The number of likely N-dealkylation sites (tertiary alicyclic amines) is 1. The maximum Gasteiger partial charge on any atom is 0.197 e. The number of hydrogen-bond acceptors (Lipinski definition) is 4. The summed E-state index contributed by atoms with van der Waals surface area (Å²) in [6.07, 6.45) is 10.5. The molecule has 2 heterocycles. The maximum atomic E-state index is 13.1. The molecule has 1 aromatic carbocycles. The van der Waals surface area contributed by atoms with E-state index in [0.717, 1.165) is 75.2 Å². The molecule has 6 rings (SSSR count). The fraction of sp³-hybridized carbons (Fsp3) is 0.643. The molecule has 1 aliphatic heterocycles. The lowest BCUT2D eigenvalue weighted by Crippen LogP contribution is -2.42. The third kappa shape index (κ3) is 4.08. The lowest BCUT2D eigenvalue weighted by molar-refractivity contribution is 0.0710. The molecule has 4 aliphatic rings. The van der Waals surface area contributed by atoms with Crippen LogP contribution in [0.5, 0.6) is 17.5 Å². The number of rotatable bonds is 6. The van der Waals surface area contributed by atoms with Crippen LogP contribution in [0.3, 0.4) is 0 Å². The Kier molecular flexibility index (Phi) is 5.96. The average molecular weight is 469 g/mol. The van der Waals surface area contributed by atoms with Gasteiger partial charge in [-0.2, -0.15) is 0 Å². The van der Waals surface area contributed by atoms with Crippen molar-refractivity contribution in [1.82, 2.24) is 9.47 Å². The maximum absolute atomic E-state index is 13.1. The van der Waals surface area contributed by atoms with E-state index in [0.29, 0.717) is 35.4 Å². The van der Waals surface area contributed by atoms with Crippen LogP contribution in [0, 0.1) is 17.7 Å². The molecule has 6 heteroatoms. The van der Waals surface area contributed by atoms with E-state index >= 15 is 0 Å². The molecule has 4 atom stereocenters. The standard InChI is InChI=1S/C28H37FN2O3/c29-22-7-9-23(10-8-22)34-24-11-13-30(14-12-24)16-20-3-1-2-4-21(20)17-31-27(32)25-18-5-6-19(15-18)26(25)28(31)33/h7-10,18-21,24,32-33H,1-6,11-17H2. The highest BCUT2D eigenvalue weighted by Gasteiger charge is 2.44. The number of aromatic hydroxyl groups is 2. The first-order valence-electron chi connectivity index (χ1n) is 13.4. The van der Waals surface area contributed by atoms with Crippen molar-refractivity contribution in [2.75, 3.05) is 19.6 Å². The SMILES string of the molecule is Oc1c2c(c(O)n1CC1CCCCC1CN1CCC(Oc3ccc(F)cc3)CC1)C1CCC2C1. The summed E-state index contributed by atoms with van der Waals surface area (Å²) in [5, 5.41) is 22.0. The second kappa shape index (κ2) is 9.10. The van der Waals surface area contributed by atoms with Crippen LogP contribution in [-0.2, 0) is 6.54 Å². The van der Waals surface area contributed by atoms with E-state index in [4.69, 9.17) is 4.74 Å². The van der Waals surface area contributed by atoms with E-state index in [-0.39, 0.29) is 11.9 Å². The van der Waals surface area contributed by atoms with Crippen LogP contribution in [0.15, 0.2) is 24.3 Å². The highest BCUT2D eigenvalue weighted by atomic mass is 19.1. The zero-order valence-corrected chi connectivity index (χ0v) is 20.0. The zero-order valence-electron chi connectivity index (χ0n) is 20.0. The third-order valence-electron chi connectivity index (χ3n) is 9.16. The molecule has 3 aliphatic carbocycles. The van der Waals surface area contributed by atoms with Crippen LogP contribution >= 0.6 is 0 Å². The third-order valence-corrected chi connectivity index (χ3v) is 9.16. The summed E-state index contributed by atoms with van der Waals surface area (Å²) in [6, 6.07) is 6.32. The van der Waals surface area contributed by atoms with Crippen molar-refractivity contribution in [2.45, 2.75) is 82.3 Å². The summed E-state index contributed by atoms with van der Waals surface area (Å²) in [6.45, 7) is 3.86. The molecule has 3 fully saturated rings. The van der Waals surface area contributed by atoms with E-state index in [2.05, 4.69) is 4.90 Å². The highest BCUT2D eigenvalue weighted by molar-refractivity contribution is 5.54. The summed E-state index contributed by atoms with van der Waals surface area (Å²) >= 11 is 0. The van der Waals surface area contributed by atoms with Gasteiger partial charge >= 0.3 is 0 Å². The minimum absolute atomic E-state index is 0.190. The average Bonchev–Trinajstić information content (AvgIpc) is 3.53. The Bertz CT molecular complexity index is 978. The van der Waals surface area contributed by atoms with Crippen molar-refractivity contribution in [3.63, 3.8) is 0 Å². The normalized spacial score (nSPS) is 29.4. The van der Waals surface area contributed by atoms with Crippen molar-refractivity contribution >= 4 is 0 Å². The van der Waals surface area contributed by atoms with E-state index in [1.807, 2.05) is 4.57 Å². The van der Waals surface area contributed by atoms with E-state index in [1.165, 1.54) is 37.8 Å². The zero-order chi connectivity index (χ0) is 23.2. The van der Waals surface area contributed by atoms with Crippen LogP contribution < -0.4 is 4.74 Å². The van der Waals surface area contributed by atoms with Crippen molar-refractivity contribution in [3.05, 3.63) is 41.2 Å². The minimum atomic E-state index is -0.234. The number of halogens is 1. The first-order valence-corrected chi connectivity index (χ1v) is 13.4. The van der Waals surface area contributed by atoms with Crippen LogP contribution in [0.2, 0.25) is 0 Å². The molecule has 0 amide bonds. The predicted molar refractivity (Wildman–Crippen MR) is 129 cm³/mol. The van der Waals surface area contributed by atoms with Gasteiger partial charge in [-0.1, -0.05) is 12.8 Å². The van der Waals surface area contributed by atoms with Gasteiger partial charge in [0.25, 0.3) is 0 Å². The molecule has 2 aromatic rings. The van der Waals surface area contributed by atoms with Gasteiger partial charge in [-0.15, -0.1) is 0 Å². The number of ether oxygens (including phenoxy) is 1. The van der Waals surface area contributed by atoms with Gasteiger partial charge in [0, 0.05) is 37.3 Å². The van der Waals surface area contributed by atoms with Crippen LogP contribution in [-0.4, -0.2) is 45.4 Å². The molecule has 4 unspecified atom stereocenters. The minimum Gasteiger partial charge on any atom is -0.494 e. The molecule has 1 saturated heterocycles. The number of aromatic nitrogens is 1. The molecule has 0 radical (unpaired) electrons. The van der Waals surface area contributed by atoms with Crippen molar-refractivity contribution in [3.8, 4) is 17.5 Å². The number of hydrogen-bond donors (Lipinski definition) is 2. The first-order chi connectivity index (χ1) is 16.6. The Balaban J connectivity index is 1.07. The molecule has 2 saturated carbocycles. The lowest BCUT2D eigenvalue weighted by Gasteiger charge is -2.39. The Hall–Kier alpha value is -2.21. The van der Waals surface area contributed by atoms with Crippen molar-refractivity contribution in [1.29, 1.82) is 0 Å². The molecule has 184 valence electrons. The Morgan fingerprint density at radius 2 is 1.38 bits per heavy atom. The fourth-order valence-corrected chi connectivity index (χ4v) is 7.36. The van der Waals surface area contributed by atoms with Gasteiger partial charge in [0.1, 0.15) is 17.7 Å². The lowest BCUT2D eigenvalue weighted by atomic mass is 9.78. The molecule has 5 nitrogen and oxygen atoms in total. The Labute approximate surface area is 201 Å². The van der Waals surface area contributed by atoms with Gasteiger partial charge in [0.15, 0.2) is 11.8 Å². The monoisotopic (exact) mass is 468 g/mol. The van der Waals surface area contributed by atoms with Gasteiger partial charge < -0.3 is 19.8 Å². The second-order valence-corrected chi connectivity index (χ2v) is 11.2. The number of nitrogens with zero attached hydrogens (tertiary/aromatic N) is 2. The van der Waals surface area contributed by atoms with Crippen LogP contribution in [0.25, 0.3) is 0 Å². The number of benzene rings is 1. The topological polar surface area (TPSA) is 57.9 Å². The summed E-state index contributed by atoms with van der Waals surface area (Å²) in [4.78, 5) is 2.57. The molecule has 0 spiro atoms. The highest BCUT2D eigenvalue weighted by Crippen LogP contribution is 2.60. The van der Waals surface area contributed by atoms with Gasteiger partial charge in [0.2, 0.25) is 0 Å². The van der Waals surface area contributed by atoms with Gasteiger partial charge in [-0.3, -0.25) is 4.57 Å². The summed E-state index contributed by atoms with van der Waals surface area (Å²) in [5.74, 6) is 3.20. The fourth-order valence-electron chi connectivity index (χ4n) is 7.36. The van der Waals surface area contributed by atoms with E-state index in [9.17, 15) is 14.6 Å². The van der Waals surface area contributed by atoms with Gasteiger partial charge in [0.05, 0.1) is 0 Å². The van der Waals surface area contributed by atoms with Crippen LogP contribution in [0.4, 0.5) is 4.39 Å². The Morgan fingerprint density at radius 3 is 2.00 bits per heavy atom. The number of piperidine rings is 1. The second-order valence-electron chi connectivity index (χ2n) is 11.2. The summed E-state index contributed by atoms with van der Waals surface area (Å²) < 4.78 is 21.1. The molecular weight excluding hydrogens is 431 g/mol. The van der Waals surface area contributed by atoms with Gasteiger partial charge in [-0.25, -0.2) is 4.39 Å². The van der Waals surface area contributed by atoms with Crippen molar-refractivity contribution < 1.29 is 19.3 Å². The largest absolute Gasteiger partial charge is 0.494 e. The predicted octanol–water partition coefficient (Wildman–Crippen LogP) is 5.75. The first kappa shape index (κ1) is 22.3.